The first kappa shape index (κ1) is 12.0. The van der Waals surface area contributed by atoms with Crippen LogP contribution in [0.15, 0.2) is 36.5 Å². The summed E-state index contributed by atoms with van der Waals surface area (Å²) in [5.41, 5.74) is 0.794. The quantitative estimate of drug-likeness (QED) is 0.855. The number of benzene rings is 1. The summed E-state index contributed by atoms with van der Waals surface area (Å²) in [7, 11) is 0. The van der Waals surface area contributed by atoms with Crippen LogP contribution in [0.1, 0.15) is 15.9 Å². The highest BCUT2D eigenvalue weighted by Crippen LogP contribution is 2.16. The van der Waals surface area contributed by atoms with Crippen molar-refractivity contribution in [1.82, 2.24) is 4.98 Å². The number of phenolic OH excluding ortho intramolecular Hbond substituents is 1. The molecule has 1 heterocycles. The molecular weight excluding hydrogens is 235 g/mol. The summed E-state index contributed by atoms with van der Waals surface area (Å²) >= 11 is 0. The number of halogens is 1. The number of carbonyl (C=O) groups excluding carboxylic acids is 1. The maximum atomic E-state index is 13.4. The van der Waals surface area contributed by atoms with Crippen LogP contribution in [0.5, 0.6) is 5.75 Å². The highest BCUT2D eigenvalue weighted by atomic mass is 19.1. The van der Waals surface area contributed by atoms with Gasteiger partial charge in [0.25, 0.3) is 5.91 Å². The predicted molar refractivity (Wildman–Crippen MR) is 65.0 cm³/mol. The van der Waals surface area contributed by atoms with Crippen molar-refractivity contribution < 1.29 is 14.3 Å². The maximum Gasteiger partial charge on any atom is 0.259 e. The van der Waals surface area contributed by atoms with Crippen molar-refractivity contribution >= 4 is 11.7 Å². The number of hydrogen-bond donors (Lipinski definition) is 2. The molecule has 2 rings (SSSR count). The van der Waals surface area contributed by atoms with Crippen LogP contribution in [0.3, 0.4) is 0 Å². The van der Waals surface area contributed by atoms with Crippen LogP contribution in [0.4, 0.5) is 10.2 Å². The van der Waals surface area contributed by atoms with Crippen molar-refractivity contribution in [2.24, 2.45) is 0 Å². The minimum absolute atomic E-state index is 0.142. The van der Waals surface area contributed by atoms with Crippen LogP contribution in [-0.4, -0.2) is 16.0 Å². The summed E-state index contributed by atoms with van der Waals surface area (Å²) in [6, 6.07) is 6.82. The summed E-state index contributed by atoms with van der Waals surface area (Å²) < 4.78 is 13.4. The highest BCUT2D eigenvalue weighted by Gasteiger charge is 2.12. The normalized spacial score (nSPS) is 10.1. The van der Waals surface area contributed by atoms with Gasteiger partial charge >= 0.3 is 0 Å². The van der Waals surface area contributed by atoms with Gasteiger partial charge in [-0.2, -0.15) is 0 Å². The van der Waals surface area contributed by atoms with Crippen molar-refractivity contribution in [3.8, 4) is 5.75 Å². The third-order valence-corrected chi connectivity index (χ3v) is 2.35. The van der Waals surface area contributed by atoms with Crippen molar-refractivity contribution in [2.45, 2.75) is 6.92 Å². The summed E-state index contributed by atoms with van der Waals surface area (Å²) in [6.45, 7) is 1.86. The second-order valence-corrected chi connectivity index (χ2v) is 3.84. The standard InChI is InChI=1S/C13H11FN2O2/c1-8-4-5-15-12(6-8)16-13(18)10-3-2-9(17)7-11(10)14/h2-7,17H,1H3,(H,15,16,18). The zero-order valence-electron chi connectivity index (χ0n) is 9.64. The van der Waals surface area contributed by atoms with Crippen LogP contribution < -0.4 is 5.32 Å². The molecule has 18 heavy (non-hydrogen) atoms. The number of aromatic hydroxyl groups is 1. The number of phenols is 1. The van der Waals surface area contributed by atoms with E-state index in [0.717, 1.165) is 11.6 Å². The summed E-state index contributed by atoms with van der Waals surface area (Å²) in [6.07, 6.45) is 1.55. The number of pyridine rings is 1. The molecule has 0 spiro atoms. The fraction of sp³-hybridized carbons (Fsp3) is 0.0769. The number of aromatic nitrogens is 1. The average Bonchev–Trinajstić information content (AvgIpc) is 2.28. The molecule has 0 atom stereocenters. The minimum atomic E-state index is -0.778. The number of amides is 1. The van der Waals surface area contributed by atoms with E-state index in [9.17, 15) is 9.18 Å². The second kappa shape index (κ2) is 4.83. The van der Waals surface area contributed by atoms with Crippen molar-refractivity contribution in [2.75, 3.05) is 5.32 Å². The third kappa shape index (κ3) is 2.63. The van der Waals surface area contributed by atoms with Gasteiger partial charge in [0.05, 0.1) is 5.56 Å². The van der Waals surface area contributed by atoms with Crippen molar-refractivity contribution in [3.05, 3.63) is 53.5 Å². The molecule has 0 aliphatic heterocycles. The Morgan fingerprint density at radius 1 is 1.33 bits per heavy atom. The highest BCUT2D eigenvalue weighted by molar-refractivity contribution is 6.04. The average molecular weight is 246 g/mol. The van der Waals surface area contributed by atoms with E-state index in [1.54, 1.807) is 18.3 Å². The Bertz CT molecular complexity index is 599. The number of nitrogens with one attached hydrogen (secondary N) is 1. The Labute approximate surface area is 103 Å². The van der Waals surface area contributed by atoms with Gasteiger partial charge in [-0.25, -0.2) is 9.37 Å². The topological polar surface area (TPSA) is 62.2 Å². The number of aryl methyl sites for hydroxylation is 1. The molecule has 1 amide bonds. The third-order valence-electron chi connectivity index (χ3n) is 2.35. The molecule has 1 aromatic carbocycles. The molecule has 0 unspecified atom stereocenters. The molecule has 5 heteroatoms. The molecule has 0 saturated heterocycles. The number of anilines is 1. The monoisotopic (exact) mass is 246 g/mol. The zero-order chi connectivity index (χ0) is 13.1. The lowest BCUT2D eigenvalue weighted by molar-refractivity contribution is 0.102. The lowest BCUT2D eigenvalue weighted by Gasteiger charge is -2.06. The molecule has 0 aliphatic carbocycles. The molecule has 1 aromatic heterocycles. The van der Waals surface area contributed by atoms with E-state index < -0.39 is 11.7 Å². The van der Waals surface area contributed by atoms with Gasteiger partial charge in [-0.15, -0.1) is 0 Å². The van der Waals surface area contributed by atoms with Gasteiger partial charge in [0.15, 0.2) is 0 Å². The molecule has 0 bridgehead atoms. The Balaban J connectivity index is 2.22. The van der Waals surface area contributed by atoms with E-state index in [-0.39, 0.29) is 11.3 Å². The molecule has 92 valence electrons. The first-order valence-corrected chi connectivity index (χ1v) is 5.29. The van der Waals surface area contributed by atoms with Gasteiger partial charge in [-0.05, 0) is 36.8 Å². The van der Waals surface area contributed by atoms with Gasteiger partial charge in [-0.1, -0.05) is 0 Å². The van der Waals surface area contributed by atoms with E-state index in [1.807, 2.05) is 6.92 Å². The molecule has 2 N–H and O–H groups in total. The van der Waals surface area contributed by atoms with Gasteiger partial charge < -0.3 is 10.4 Å². The van der Waals surface area contributed by atoms with E-state index in [4.69, 9.17) is 5.11 Å². The number of carbonyl (C=O) groups is 1. The summed E-state index contributed by atoms with van der Waals surface area (Å²) in [5, 5.41) is 11.5. The smallest absolute Gasteiger partial charge is 0.259 e. The Hall–Kier alpha value is -2.43. The number of hydrogen-bond acceptors (Lipinski definition) is 3. The predicted octanol–water partition coefficient (Wildman–Crippen LogP) is 2.49. The van der Waals surface area contributed by atoms with E-state index in [0.29, 0.717) is 5.82 Å². The van der Waals surface area contributed by atoms with E-state index in [2.05, 4.69) is 10.3 Å². The SMILES string of the molecule is Cc1ccnc(NC(=O)c2ccc(O)cc2F)c1. The van der Waals surface area contributed by atoms with Crippen molar-refractivity contribution in [1.29, 1.82) is 0 Å². The Kier molecular flexibility index (Phi) is 3.23. The summed E-state index contributed by atoms with van der Waals surface area (Å²) in [4.78, 5) is 15.7. The van der Waals surface area contributed by atoms with Crippen LogP contribution in [0.2, 0.25) is 0 Å². The van der Waals surface area contributed by atoms with Crippen molar-refractivity contribution in [3.63, 3.8) is 0 Å². The Morgan fingerprint density at radius 2 is 2.11 bits per heavy atom. The Morgan fingerprint density at radius 3 is 2.78 bits per heavy atom. The maximum absolute atomic E-state index is 13.4. The first-order chi connectivity index (χ1) is 8.56. The number of nitrogens with zero attached hydrogens (tertiary/aromatic N) is 1. The lowest BCUT2D eigenvalue weighted by Crippen LogP contribution is -2.14. The minimum Gasteiger partial charge on any atom is -0.508 e. The molecule has 0 fully saturated rings. The lowest BCUT2D eigenvalue weighted by atomic mass is 10.2. The van der Waals surface area contributed by atoms with E-state index in [1.165, 1.54) is 12.1 Å². The second-order valence-electron chi connectivity index (χ2n) is 3.84. The van der Waals surface area contributed by atoms with Gasteiger partial charge in [0, 0.05) is 12.3 Å². The van der Waals surface area contributed by atoms with Gasteiger partial charge in [0.1, 0.15) is 17.4 Å². The van der Waals surface area contributed by atoms with Crippen LogP contribution >= 0.6 is 0 Å². The summed E-state index contributed by atoms with van der Waals surface area (Å²) in [5.74, 6) is -1.25. The molecule has 0 aliphatic rings. The molecule has 0 radical (unpaired) electrons. The fourth-order valence-electron chi connectivity index (χ4n) is 1.48. The number of rotatable bonds is 2. The first-order valence-electron chi connectivity index (χ1n) is 5.29. The van der Waals surface area contributed by atoms with E-state index >= 15 is 0 Å². The molecule has 0 saturated carbocycles. The largest absolute Gasteiger partial charge is 0.508 e. The molecule has 2 aromatic rings. The fourth-order valence-corrected chi connectivity index (χ4v) is 1.48. The van der Waals surface area contributed by atoms with Crippen LogP contribution in [0, 0.1) is 12.7 Å². The van der Waals surface area contributed by atoms with Gasteiger partial charge in [0.2, 0.25) is 0 Å². The van der Waals surface area contributed by atoms with Gasteiger partial charge in [-0.3, -0.25) is 4.79 Å². The zero-order valence-corrected chi connectivity index (χ0v) is 9.64. The van der Waals surface area contributed by atoms with Crippen LogP contribution in [-0.2, 0) is 0 Å². The van der Waals surface area contributed by atoms with Crippen LogP contribution in [0.25, 0.3) is 0 Å². The molecule has 4 nitrogen and oxygen atoms in total. The molecular formula is C13H11FN2O2.